The highest BCUT2D eigenvalue weighted by molar-refractivity contribution is 7.98. The maximum atomic E-state index is 5.48. The molecule has 0 amide bonds. The van der Waals surface area contributed by atoms with Crippen molar-refractivity contribution >= 4 is 29.9 Å². The molecule has 0 spiro atoms. The van der Waals surface area contributed by atoms with Crippen LogP contribution in [0.4, 0.5) is 5.69 Å². The molecule has 0 aliphatic heterocycles. The van der Waals surface area contributed by atoms with Crippen molar-refractivity contribution in [1.82, 2.24) is 4.98 Å². The minimum Gasteiger partial charge on any atom is -0.399 e. The molecule has 56 valence electrons. The van der Waals surface area contributed by atoms with Crippen molar-refractivity contribution in [2.75, 3.05) is 12.0 Å². The summed E-state index contributed by atoms with van der Waals surface area (Å²) in [4.78, 5) is 4.04. The lowest BCUT2D eigenvalue weighted by Crippen LogP contribution is -1.85. The minimum atomic E-state index is 0. The summed E-state index contributed by atoms with van der Waals surface area (Å²) in [6, 6.07) is 3.63. The Morgan fingerprint density at radius 3 is 2.70 bits per heavy atom. The molecule has 1 heterocycles. The Hall–Kier alpha value is -0.410. The Balaban J connectivity index is 0.000000810. The first-order valence-electron chi connectivity index (χ1n) is 2.58. The highest BCUT2D eigenvalue weighted by Crippen LogP contribution is 2.12. The standard InChI is InChI=1S/C6H8N2S.ClH/c1-9-6-4-5(7)2-3-8-6;/h2-4H,1H3,(H2,7,8);1H. The number of hydrogen-bond acceptors (Lipinski definition) is 3. The molecule has 10 heavy (non-hydrogen) atoms. The number of nitrogens with zero attached hydrogens (tertiary/aromatic N) is 1. The first-order valence-corrected chi connectivity index (χ1v) is 3.81. The largest absolute Gasteiger partial charge is 0.399 e. The van der Waals surface area contributed by atoms with E-state index in [1.807, 2.05) is 12.3 Å². The second-order valence-corrected chi connectivity index (χ2v) is 2.46. The van der Waals surface area contributed by atoms with Gasteiger partial charge in [0.15, 0.2) is 0 Å². The summed E-state index contributed by atoms with van der Waals surface area (Å²) >= 11 is 1.59. The van der Waals surface area contributed by atoms with Gasteiger partial charge < -0.3 is 5.73 Å². The molecule has 0 atom stereocenters. The fourth-order valence-electron chi connectivity index (χ4n) is 0.536. The molecule has 2 N–H and O–H groups in total. The van der Waals surface area contributed by atoms with Crippen LogP contribution in [0.2, 0.25) is 0 Å². The molecule has 0 aromatic carbocycles. The van der Waals surface area contributed by atoms with Gasteiger partial charge in [-0.15, -0.1) is 24.2 Å². The second kappa shape index (κ2) is 4.41. The fourth-order valence-corrected chi connectivity index (χ4v) is 0.957. The van der Waals surface area contributed by atoms with E-state index in [1.165, 1.54) is 0 Å². The van der Waals surface area contributed by atoms with Gasteiger partial charge in [0, 0.05) is 11.9 Å². The summed E-state index contributed by atoms with van der Waals surface area (Å²) in [5, 5.41) is 0.968. The Labute approximate surface area is 70.6 Å². The Bertz CT molecular complexity index is 205. The number of pyridine rings is 1. The molecule has 0 fully saturated rings. The maximum Gasteiger partial charge on any atom is 0.0977 e. The Morgan fingerprint density at radius 2 is 2.30 bits per heavy atom. The van der Waals surface area contributed by atoms with Gasteiger partial charge in [-0.2, -0.15) is 0 Å². The van der Waals surface area contributed by atoms with Gasteiger partial charge in [-0.3, -0.25) is 0 Å². The Morgan fingerprint density at radius 1 is 1.60 bits per heavy atom. The highest BCUT2D eigenvalue weighted by Gasteiger charge is 1.88. The highest BCUT2D eigenvalue weighted by atomic mass is 35.5. The van der Waals surface area contributed by atoms with Gasteiger partial charge in [0.1, 0.15) is 0 Å². The van der Waals surface area contributed by atoms with Gasteiger partial charge in [-0.05, 0) is 18.4 Å². The summed E-state index contributed by atoms with van der Waals surface area (Å²) < 4.78 is 0. The number of hydrogen-bond donors (Lipinski definition) is 1. The summed E-state index contributed by atoms with van der Waals surface area (Å²) in [6.07, 6.45) is 3.68. The molecule has 0 aliphatic carbocycles. The van der Waals surface area contributed by atoms with Crippen LogP contribution in [0.3, 0.4) is 0 Å². The van der Waals surface area contributed by atoms with Crippen LogP contribution in [0.25, 0.3) is 0 Å². The smallest absolute Gasteiger partial charge is 0.0977 e. The second-order valence-electron chi connectivity index (χ2n) is 1.63. The van der Waals surface area contributed by atoms with E-state index in [4.69, 9.17) is 5.73 Å². The van der Waals surface area contributed by atoms with Crippen molar-refractivity contribution in [2.45, 2.75) is 5.03 Å². The van der Waals surface area contributed by atoms with Crippen molar-refractivity contribution in [3.05, 3.63) is 18.3 Å². The van der Waals surface area contributed by atoms with Gasteiger partial charge in [-0.1, -0.05) is 0 Å². The summed E-state index contributed by atoms with van der Waals surface area (Å²) in [6.45, 7) is 0. The number of nitrogen functional groups attached to an aromatic ring is 1. The molecule has 0 saturated carbocycles. The van der Waals surface area contributed by atoms with E-state index in [-0.39, 0.29) is 12.4 Å². The van der Waals surface area contributed by atoms with E-state index in [0.717, 1.165) is 10.7 Å². The topological polar surface area (TPSA) is 38.9 Å². The molecule has 1 rings (SSSR count). The van der Waals surface area contributed by atoms with Gasteiger partial charge in [0.25, 0.3) is 0 Å². The quantitative estimate of drug-likeness (QED) is 0.664. The van der Waals surface area contributed by atoms with E-state index in [0.29, 0.717) is 0 Å². The van der Waals surface area contributed by atoms with E-state index in [1.54, 1.807) is 24.0 Å². The van der Waals surface area contributed by atoms with Crippen molar-refractivity contribution in [1.29, 1.82) is 0 Å². The van der Waals surface area contributed by atoms with Gasteiger partial charge in [0.2, 0.25) is 0 Å². The minimum absolute atomic E-state index is 0. The lowest BCUT2D eigenvalue weighted by molar-refractivity contribution is 1.14. The number of anilines is 1. The summed E-state index contributed by atoms with van der Waals surface area (Å²) in [5.41, 5.74) is 6.25. The molecule has 0 bridgehead atoms. The zero-order chi connectivity index (χ0) is 6.69. The van der Waals surface area contributed by atoms with Crippen LogP contribution in [0.1, 0.15) is 0 Å². The van der Waals surface area contributed by atoms with Crippen LogP contribution in [0.15, 0.2) is 23.4 Å². The third-order valence-corrected chi connectivity index (χ3v) is 1.61. The molecule has 2 nitrogen and oxygen atoms in total. The van der Waals surface area contributed by atoms with Crippen molar-refractivity contribution in [3.8, 4) is 0 Å². The van der Waals surface area contributed by atoms with Gasteiger partial charge >= 0.3 is 0 Å². The van der Waals surface area contributed by atoms with Gasteiger partial charge in [0.05, 0.1) is 5.03 Å². The average molecular weight is 177 g/mol. The van der Waals surface area contributed by atoms with Gasteiger partial charge in [-0.25, -0.2) is 4.98 Å². The molecule has 1 aromatic rings. The summed E-state index contributed by atoms with van der Waals surface area (Å²) in [5.74, 6) is 0. The van der Waals surface area contributed by atoms with Crippen LogP contribution >= 0.6 is 24.2 Å². The SMILES string of the molecule is CSc1cc(N)ccn1.Cl. The van der Waals surface area contributed by atoms with Crippen LogP contribution in [-0.2, 0) is 0 Å². The third-order valence-electron chi connectivity index (χ3n) is 0.968. The molecule has 1 aromatic heterocycles. The third kappa shape index (κ3) is 2.45. The lowest BCUT2D eigenvalue weighted by atomic mass is 10.4. The first-order chi connectivity index (χ1) is 4.33. The molecule has 0 radical (unpaired) electrons. The number of halogens is 1. The maximum absolute atomic E-state index is 5.48. The molecule has 0 saturated heterocycles. The van der Waals surface area contributed by atoms with E-state index >= 15 is 0 Å². The molecular weight excluding hydrogens is 168 g/mol. The molecule has 0 unspecified atom stereocenters. The normalized spacial score (nSPS) is 8.50. The Kier molecular flexibility index (Phi) is 4.23. The van der Waals surface area contributed by atoms with Crippen LogP contribution in [-0.4, -0.2) is 11.2 Å². The first kappa shape index (κ1) is 9.59. The van der Waals surface area contributed by atoms with Crippen molar-refractivity contribution < 1.29 is 0 Å². The predicted molar refractivity (Wildman–Crippen MR) is 47.7 cm³/mol. The van der Waals surface area contributed by atoms with Crippen LogP contribution < -0.4 is 5.73 Å². The van der Waals surface area contributed by atoms with E-state index < -0.39 is 0 Å². The zero-order valence-electron chi connectivity index (χ0n) is 5.57. The zero-order valence-corrected chi connectivity index (χ0v) is 7.21. The van der Waals surface area contributed by atoms with E-state index in [9.17, 15) is 0 Å². The lowest BCUT2D eigenvalue weighted by Gasteiger charge is -1.93. The monoisotopic (exact) mass is 176 g/mol. The molecular formula is C6H9ClN2S. The van der Waals surface area contributed by atoms with Crippen LogP contribution in [0.5, 0.6) is 0 Å². The van der Waals surface area contributed by atoms with Crippen molar-refractivity contribution in [2.24, 2.45) is 0 Å². The molecule has 0 aliphatic rings. The number of nitrogens with two attached hydrogens (primary N) is 1. The predicted octanol–water partition coefficient (Wildman–Crippen LogP) is 1.81. The average Bonchev–Trinajstić information content (AvgIpc) is 1.88. The number of aromatic nitrogens is 1. The summed E-state index contributed by atoms with van der Waals surface area (Å²) in [7, 11) is 0. The van der Waals surface area contributed by atoms with Crippen LogP contribution in [0, 0.1) is 0 Å². The van der Waals surface area contributed by atoms with Crippen molar-refractivity contribution in [3.63, 3.8) is 0 Å². The number of rotatable bonds is 1. The van der Waals surface area contributed by atoms with E-state index in [2.05, 4.69) is 4.98 Å². The molecule has 4 heteroatoms. The fraction of sp³-hybridized carbons (Fsp3) is 0.167. The number of thioether (sulfide) groups is 1.